The predicted octanol–water partition coefficient (Wildman–Crippen LogP) is 0.669. The van der Waals surface area contributed by atoms with Crippen molar-refractivity contribution >= 4 is 27.5 Å². The third kappa shape index (κ3) is 0.640. The second kappa shape index (κ2) is 1.88. The van der Waals surface area contributed by atoms with Crippen molar-refractivity contribution in [2.45, 2.75) is 0 Å². The SMILES string of the molecule is Nc1ncnc2ncsc12. The summed E-state index contributed by atoms with van der Waals surface area (Å²) in [5.41, 5.74) is 7.90. The molecule has 2 rings (SSSR count). The van der Waals surface area contributed by atoms with E-state index in [1.807, 2.05) is 0 Å². The van der Waals surface area contributed by atoms with E-state index in [0.717, 1.165) is 4.70 Å². The Bertz CT molecular complexity index is 355. The van der Waals surface area contributed by atoms with E-state index < -0.39 is 0 Å². The van der Waals surface area contributed by atoms with Crippen LogP contribution in [0.4, 0.5) is 5.82 Å². The van der Waals surface area contributed by atoms with Crippen LogP contribution in [0.2, 0.25) is 0 Å². The van der Waals surface area contributed by atoms with Gasteiger partial charge < -0.3 is 5.73 Å². The normalized spacial score (nSPS) is 10.4. The Kier molecular flexibility index (Phi) is 1.04. The van der Waals surface area contributed by atoms with Crippen LogP contribution in [-0.2, 0) is 0 Å². The Morgan fingerprint density at radius 1 is 1.30 bits per heavy atom. The number of nitrogen functional groups attached to an aromatic ring is 1. The van der Waals surface area contributed by atoms with Crippen molar-refractivity contribution in [2.75, 3.05) is 5.73 Å². The summed E-state index contributed by atoms with van der Waals surface area (Å²) in [5, 5.41) is 0. The van der Waals surface area contributed by atoms with Crippen molar-refractivity contribution < 1.29 is 0 Å². The topological polar surface area (TPSA) is 64.7 Å². The monoisotopic (exact) mass is 152 g/mol. The molecule has 2 aromatic heterocycles. The molecule has 0 aromatic carbocycles. The molecule has 0 aliphatic carbocycles. The van der Waals surface area contributed by atoms with E-state index in [0.29, 0.717) is 11.5 Å². The van der Waals surface area contributed by atoms with Gasteiger partial charge in [0.25, 0.3) is 0 Å². The van der Waals surface area contributed by atoms with Gasteiger partial charge in [0.05, 0.1) is 5.51 Å². The van der Waals surface area contributed by atoms with E-state index in [4.69, 9.17) is 5.73 Å². The number of hydrogen-bond donors (Lipinski definition) is 1. The highest BCUT2D eigenvalue weighted by molar-refractivity contribution is 7.17. The van der Waals surface area contributed by atoms with Gasteiger partial charge in [-0.2, -0.15) is 0 Å². The third-order valence-corrected chi connectivity index (χ3v) is 2.00. The molecule has 0 saturated heterocycles. The zero-order valence-electron chi connectivity index (χ0n) is 4.98. The molecule has 0 bridgehead atoms. The van der Waals surface area contributed by atoms with Crippen LogP contribution in [-0.4, -0.2) is 15.0 Å². The molecular formula is C5H4N4S. The molecule has 4 nitrogen and oxygen atoms in total. The number of nitrogens with zero attached hydrogens (tertiary/aromatic N) is 3. The van der Waals surface area contributed by atoms with Gasteiger partial charge in [0.15, 0.2) is 5.65 Å². The number of hydrogen-bond acceptors (Lipinski definition) is 5. The van der Waals surface area contributed by atoms with Crippen molar-refractivity contribution in [3.8, 4) is 0 Å². The van der Waals surface area contributed by atoms with Gasteiger partial charge in [0.1, 0.15) is 16.8 Å². The van der Waals surface area contributed by atoms with Gasteiger partial charge in [-0.15, -0.1) is 11.3 Å². The maximum absolute atomic E-state index is 5.52. The van der Waals surface area contributed by atoms with Crippen molar-refractivity contribution in [3.05, 3.63) is 11.8 Å². The van der Waals surface area contributed by atoms with Crippen molar-refractivity contribution in [2.24, 2.45) is 0 Å². The van der Waals surface area contributed by atoms with Gasteiger partial charge >= 0.3 is 0 Å². The average molecular weight is 152 g/mol. The van der Waals surface area contributed by atoms with E-state index in [1.165, 1.54) is 17.7 Å². The lowest BCUT2D eigenvalue weighted by atomic mass is 10.6. The number of aromatic nitrogens is 3. The van der Waals surface area contributed by atoms with Gasteiger partial charge in [0, 0.05) is 0 Å². The first kappa shape index (κ1) is 5.55. The summed E-state index contributed by atoms with van der Waals surface area (Å²) in [4.78, 5) is 11.7. The minimum atomic E-state index is 0.507. The molecule has 2 N–H and O–H groups in total. The molecular weight excluding hydrogens is 148 g/mol. The second-order valence-electron chi connectivity index (χ2n) is 1.76. The third-order valence-electron chi connectivity index (χ3n) is 1.16. The molecule has 10 heavy (non-hydrogen) atoms. The lowest BCUT2D eigenvalue weighted by Gasteiger charge is -1.88. The molecule has 0 spiro atoms. The number of fused-ring (bicyclic) bond motifs is 1. The molecule has 0 saturated carbocycles. The second-order valence-corrected chi connectivity index (χ2v) is 2.62. The largest absolute Gasteiger partial charge is 0.382 e. The Hall–Kier alpha value is -1.23. The van der Waals surface area contributed by atoms with Gasteiger partial charge in [-0.1, -0.05) is 0 Å². The summed E-state index contributed by atoms with van der Waals surface area (Å²) < 4.78 is 0.863. The molecule has 0 aliphatic heterocycles. The zero-order valence-corrected chi connectivity index (χ0v) is 5.80. The Morgan fingerprint density at radius 3 is 3.00 bits per heavy atom. The summed E-state index contributed by atoms with van der Waals surface area (Å²) in [5.74, 6) is 0.507. The van der Waals surface area contributed by atoms with Crippen LogP contribution in [0.3, 0.4) is 0 Å². The quantitative estimate of drug-likeness (QED) is 0.602. The Morgan fingerprint density at radius 2 is 2.20 bits per heavy atom. The van der Waals surface area contributed by atoms with E-state index in [1.54, 1.807) is 5.51 Å². The van der Waals surface area contributed by atoms with Gasteiger partial charge in [-0.3, -0.25) is 0 Å². The van der Waals surface area contributed by atoms with Crippen molar-refractivity contribution in [3.63, 3.8) is 0 Å². The first-order valence-electron chi connectivity index (χ1n) is 2.67. The molecule has 2 heterocycles. The molecule has 0 fully saturated rings. The fourth-order valence-electron chi connectivity index (χ4n) is 0.712. The molecule has 50 valence electrons. The van der Waals surface area contributed by atoms with E-state index in [-0.39, 0.29) is 0 Å². The minimum absolute atomic E-state index is 0.507. The molecule has 0 aliphatic rings. The van der Waals surface area contributed by atoms with Crippen LogP contribution in [0.5, 0.6) is 0 Å². The van der Waals surface area contributed by atoms with Crippen LogP contribution in [0.1, 0.15) is 0 Å². The smallest absolute Gasteiger partial charge is 0.175 e. The van der Waals surface area contributed by atoms with Crippen molar-refractivity contribution in [1.82, 2.24) is 15.0 Å². The number of nitrogens with two attached hydrogens (primary N) is 1. The molecule has 2 aromatic rings. The van der Waals surface area contributed by atoms with Crippen LogP contribution in [0.25, 0.3) is 10.3 Å². The fourth-order valence-corrected chi connectivity index (χ4v) is 1.35. The summed E-state index contributed by atoms with van der Waals surface area (Å²) in [6, 6.07) is 0. The van der Waals surface area contributed by atoms with E-state index >= 15 is 0 Å². The summed E-state index contributed by atoms with van der Waals surface area (Å²) in [6.45, 7) is 0. The van der Waals surface area contributed by atoms with Gasteiger partial charge in [-0.05, 0) is 0 Å². The van der Waals surface area contributed by atoms with Gasteiger partial charge in [0.2, 0.25) is 0 Å². The van der Waals surface area contributed by atoms with Crippen molar-refractivity contribution in [1.29, 1.82) is 0 Å². The molecule has 0 radical (unpaired) electrons. The average Bonchev–Trinajstić information content (AvgIpc) is 2.36. The maximum atomic E-state index is 5.52. The molecule has 0 atom stereocenters. The Labute approximate surface area is 60.8 Å². The van der Waals surface area contributed by atoms with E-state index in [2.05, 4.69) is 15.0 Å². The summed E-state index contributed by atoms with van der Waals surface area (Å²) in [7, 11) is 0. The predicted molar refractivity (Wildman–Crippen MR) is 39.6 cm³/mol. The fraction of sp³-hybridized carbons (Fsp3) is 0. The van der Waals surface area contributed by atoms with Crippen LogP contribution < -0.4 is 5.73 Å². The highest BCUT2D eigenvalue weighted by Gasteiger charge is 1.99. The minimum Gasteiger partial charge on any atom is -0.382 e. The standard InChI is InChI=1S/C5H4N4S/c6-4-3-5(8-1-7-4)9-2-10-3/h1-2H,(H2,6,7,8). The summed E-state index contributed by atoms with van der Waals surface area (Å²) in [6.07, 6.45) is 1.41. The molecule has 0 amide bonds. The first-order valence-corrected chi connectivity index (χ1v) is 3.55. The lowest BCUT2D eigenvalue weighted by molar-refractivity contribution is 1.21. The van der Waals surface area contributed by atoms with E-state index in [9.17, 15) is 0 Å². The number of anilines is 1. The number of rotatable bonds is 0. The molecule has 0 unspecified atom stereocenters. The van der Waals surface area contributed by atoms with Gasteiger partial charge in [-0.25, -0.2) is 15.0 Å². The molecule has 5 heteroatoms. The first-order chi connectivity index (χ1) is 4.88. The number of thiazole rings is 1. The Balaban J connectivity index is 2.95. The maximum Gasteiger partial charge on any atom is 0.175 e. The van der Waals surface area contributed by atoms with Crippen LogP contribution >= 0.6 is 11.3 Å². The van der Waals surface area contributed by atoms with Crippen LogP contribution in [0, 0.1) is 0 Å². The summed E-state index contributed by atoms with van der Waals surface area (Å²) >= 11 is 1.45. The van der Waals surface area contributed by atoms with Crippen LogP contribution in [0.15, 0.2) is 11.8 Å². The highest BCUT2D eigenvalue weighted by atomic mass is 32.1. The highest BCUT2D eigenvalue weighted by Crippen LogP contribution is 2.18. The lowest BCUT2D eigenvalue weighted by Crippen LogP contribution is -1.90. The zero-order chi connectivity index (χ0) is 6.97.